The molecule has 0 saturated carbocycles. The Kier molecular flexibility index (Phi) is 5.85. The summed E-state index contributed by atoms with van der Waals surface area (Å²) in [6.07, 6.45) is 3.68. The second-order valence-corrected chi connectivity index (χ2v) is 7.88. The van der Waals surface area contributed by atoms with Crippen LogP contribution in [-0.4, -0.2) is 42.4 Å². The molecule has 1 aromatic heterocycles. The summed E-state index contributed by atoms with van der Waals surface area (Å²) < 4.78 is 5.68. The quantitative estimate of drug-likeness (QED) is 0.816. The molecule has 0 atom stereocenters. The molecule has 1 aromatic carbocycles. The molecule has 27 heavy (non-hydrogen) atoms. The van der Waals surface area contributed by atoms with Crippen LogP contribution in [0.5, 0.6) is 0 Å². The number of piperidine rings is 1. The molecule has 6 nitrogen and oxygen atoms in total. The van der Waals surface area contributed by atoms with Crippen LogP contribution in [0.15, 0.2) is 22.8 Å². The van der Waals surface area contributed by atoms with Gasteiger partial charge < -0.3 is 15.5 Å². The number of hydrogen-bond donors (Lipinski definition) is 2. The van der Waals surface area contributed by atoms with Crippen molar-refractivity contribution in [2.75, 3.05) is 19.6 Å². The van der Waals surface area contributed by atoms with E-state index < -0.39 is 0 Å². The first-order valence-corrected chi connectivity index (χ1v) is 9.64. The number of aryl methyl sites for hydroxylation is 1. The van der Waals surface area contributed by atoms with Gasteiger partial charge in [0.05, 0.1) is 19.2 Å². The van der Waals surface area contributed by atoms with E-state index in [2.05, 4.69) is 38.2 Å². The standard InChI is InChI=1S/C21H29N3O3/c1-13(2)17-10-18-15(12-27-19(18)8-14(17)3)9-21(26)23-16-4-6-24(7-5-16)11-20(22)25/h8,10,12-13,16H,4-7,9,11H2,1-3H3,(H2,22,25)(H,23,26). The summed E-state index contributed by atoms with van der Waals surface area (Å²) in [4.78, 5) is 25.6. The molecule has 1 aliphatic heterocycles. The first-order chi connectivity index (χ1) is 12.8. The summed E-state index contributed by atoms with van der Waals surface area (Å²) in [5, 5.41) is 4.14. The molecule has 2 amide bonds. The van der Waals surface area contributed by atoms with Crippen molar-refractivity contribution in [1.29, 1.82) is 0 Å². The predicted octanol–water partition coefficient (Wildman–Crippen LogP) is 2.47. The van der Waals surface area contributed by atoms with Crippen LogP contribution in [0.4, 0.5) is 0 Å². The number of carbonyl (C=O) groups is 2. The van der Waals surface area contributed by atoms with Crippen molar-refractivity contribution < 1.29 is 14.0 Å². The normalized spacial score (nSPS) is 16.1. The van der Waals surface area contributed by atoms with E-state index in [9.17, 15) is 9.59 Å². The molecule has 6 heteroatoms. The SMILES string of the molecule is Cc1cc2occ(CC(=O)NC3CCN(CC(N)=O)CC3)c2cc1C(C)C. The largest absolute Gasteiger partial charge is 0.464 e. The fraction of sp³-hybridized carbons (Fsp3) is 0.524. The lowest BCUT2D eigenvalue weighted by Gasteiger charge is -2.31. The maximum absolute atomic E-state index is 12.5. The Morgan fingerprint density at radius 1 is 1.30 bits per heavy atom. The van der Waals surface area contributed by atoms with Crippen LogP contribution in [0.25, 0.3) is 11.0 Å². The van der Waals surface area contributed by atoms with Gasteiger partial charge in [-0.3, -0.25) is 14.5 Å². The summed E-state index contributed by atoms with van der Waals surface area (Å²) in [6, 6.07) is 4.36. The molecule has 3 N–H and O–H groups in total. The summed E-state index contributed by atoms with van der Waals surface area (Å²) in [5.74, 6) is 0.134. The average molecular weight is 371 g/mol. The molecule has 2 heterocycles. The summed E-state index contributed by atoms with van der Waals surface area (Å²) in [7, 11) is 0. The molecule has 1 saturated heterocycles. The first-order valence-electron chi connectivity index (χ1n) is 9.64. The Balaban J connectivity index is 1.61. The molecule has 0 radical (unpaired) electrons. The fourth-order valence-corrected chi connectivity index (χ4v) is 3.91. The molecule has 146 valence electrons. The minimum Gasteiger partial charge on any atom is -0.464 e. The topological polar surface area (TPSA) is 88.6 Å². The number of benzene rings is 1. The predicted molar refractivity (Wildman–Crippen MR) is 106 cm³/mol. The van der Waals surface area contributed by atoms with Gasteiger partial charge in [-0.05, 0) is 48.9 Å². The van der Waals surface area contributed by atoms with E-state index >= 15 is 0 Å². The highest BCUT2D eigenvalue weighted by atomic mass is 16.3. The Morgan fingerprint density at radius 3 is 2.63 bits per heavy atom. The Morgan fingerprint density at radius 2 is 2.00 bits per heavy atom. The van der Waals surface area contributed by atoms with Gasteiger partial charge in [-0.25, -0.2) is 0 Å². The number of nitrogens with one attached hydrogen (secondary N) is 1. The van der Waals surface area contributed by atoms with E-state index in [-0.39, 0.29) is 17.9 Å². The molecular formula is C21H29N3O3. The van der Waals surface area contributed by atoms with E-state index in [4.69, 9.17) is 10.2 Å². The average Bonchev–Trinajstić information content (AvgIpc) is 2.96. The molecule has 0 aliphatic carbocycles. The van der Waals surface area contributed by atoms with Crippen molar-refractivity contribution in [3.8, 4) is 0 Å². The molecular weight excluding hydrogens is 342 g/mol. The number of hydrogen-bond acceptors (Lipinski definition) is 4. The van der Waals surface area contributed by atoms with Crippen LogP contribution in [-0.2, 0) is 16.0 Å². The zero-order chi connectivity index (χ0) is 19.6. The highest BCUT2D eigenvalue weighted by Crippen LogP contribution is 2.29. The van der Waals surface area contributed by atoms with Crippen LogP contribution in [0.2, 0.25) is 0 Å². The number of nitrogens with zero attached hydrogens (tertiary/aromatic N) is 1. The third-order valence-corrected chi connectivity index (χ3v) is 5.35. The van der Waals surface area contributed by atoms with Crippen LogP contribution < -0.4 is 11.1 Å². The Labute approximate surface area is 160 Å². The van der Waals surface area contributed by atoms with Crippen LogP contribution >= 0.6 is 0 Å². The van der Waals surface area contributed by atoms with E-state index in [0.717, 1.165) is 42.5 Å². The number of nitrogens with two attached hydrogens (primary N) is 1. The van der Waals surface area contributed by atoms with E-state index in [1.165, 1.54) is 11.1 Å². The Hall–Kier alpha value is -2.34. The van der Waals surface area contributed by atoms with E-state index in [1.54, 1.807) is 6.26 Å². The minimum absolute atomic E-state index is 0.0118. The molecule has 2 aromatic rings. The van der Waals surface area contributed by atoms with Crippen molar-refractivity contribution in [3.05, 3.63) is 35.1 Å². The van der Waals surface area contributed by atoms with Gasteiger partial charge in [0.15, 0.2) is 0 Å². The van der Waals surface area contributed by atoms with Gasteiger partial charge in [0, 0.05) is 30.1 Å². The second-order valence-electron chi connectivity index (χ2n) is 7.88. The van der Waals surface area contributed by atoms with E-state index in [0.29, 0.717) is 18.9 Å². The molecule has 1 aliphatic rings. The maximum Gasteiger partial charge on any atom is 0.231 e. The van der Waals surface area contributed by atoms with Crippen molar-refractivity contribution >= 4 is 22.8 Å². The third kappa shape index (κ3) is 4.69. The second kappa shape index (κ2) is 8.13. The fourth-order valence-electron chi connectivity index (χ4n) is 3.91. The summed E-state index contributed by atoms with van der Waals surface area (Å²) in [6.45, 7) is 8.28. The number of fused-ring (bicyclic) bond motifs is 1. The highest BCUT2D eigenvalue weighted by molar-refractivity contribution is 5.88. The monoisotopic (exact) mass is 371 g/mol. The third-order valence-electron chi connectivity index (χ3n) is 5.35. The lowest BCUT2D eigenvalue weighted by molar-refractivity contribution is -0.122. The van der Waals surface area contributed by atoms with Crippen molar-refractivity contribution in [3.63, 3.8) is 0 Å². The molecule has 0 spiro atoms. The van der Waals surface area contributed by atoms with Crippen molar-refractivity contribution in [1.82, 2.24) is 10.2 Å². The lowest BCUT2D eigenvalue weighted by atomic mass is 9.95. The zero-order valence-corrected chi connectivity index (χ0v) is 16.4. The zero-order valence-electron chi connectivity index (χ0n) is 16.4. The van der Waals surface area contributed by atoms with Gasteiger partial charge >= 0.3 is 0 Å². The lowest BCUT2D eigenvalue weighted by Crippen LogP contribution is -2.47. The number of amides is 2. The van der Waals surface area contributed by atoms with Crippen LogP contribution in [0.1, 0.15) is 49.3 Å². The van der Waals surface area contributed by atoms with E-state index in [1.807, 2.05) is 4.90 Å². The number of furan rings is 1. The maximum atomic E-state index is 12.5. The smallest absolute Gasteiger partial charge is 0.231 e. The molecule has 0 bridgehead atoms. The Bertz CT molecular complexity index is 833. The minimum atomic E-state index is -0.305. The summed E-state index contributed by atoms with van der Waals surface area (Å²) >= 11 is 0. The summed E-state index contributed by atoms with van der Waals surface area (Å²) in [5.41, 5.74) is 9.50. The van der Waals surface area contributed by atoms with Gasteiger partial charge in [0.1, 0.15) is 5.58 Å². The van der Waals surface area contributed by atoms with Crippen LogP contribution in [0.3, 0.4) is 0 Å². The first kappa shape index (κ1) is 19.4. The highest BCUT2D eigenvalue weighted by Gasteiger charge is 2.22. The number of primary amides is 1. The van der Waals surface area contributed by atoms with Gasteiger partial charge in [0.2, 0.25) is 11.8 Å². The van der Waals surface area contributed by atoms with Gasteiger partial charge in [0.25, 0.3) is 0 Å². The number of carbonyl (C=O) groups excluding carboxylic acids is 2. The van der Waals surface area contributed by atoms with Crippen molar-refractivity contribution in [2.24, 2.45) is 5.73 Å². The number of rotatable bonds is 6. The van der Waals surface area contributed by atoms with Crippen molar-refractivity contribution in [2.45, 2.75) is 52.0 Å². The van der Waals surface area contributed by atoms with Gasteiger partial charge in [-0.1, -0.05) is 13.8 Å². The molecule has 0 unspecified atom stereocenters. The molecule has 1 fully saturated rings. The number of likely N-dealkylation sites (tertiary alicyclic amines) is 1. The molecule has 3 rings (SSSR count). The van der Waals surface area contributed by atoms with Gasteiger partial charge in [-0.15, -0.1) is 0 Å². The van der Waals surface area contributed by atoms with Crippen LogP contribution in [0, 0.1) is 6.92 Å². The van der Waals surface area contributed by atoms with Gasteiger partial charge in [-0.2, -0.15) is 0 Å².